The quantitative estimate of drug-likeness (QED) is 0.542. The van der Waals surface area contributed by atoms with Crippen LogP contribution in [0.4, 0.5) is 5.69 Å². The van der Waals surface area contributed by atoms with E-state index in [0.717, 1.165) is 0 Å². The first-order valence-corrected chi connectivity index (χ1v) is 11.9. The van der Waals surface area contributed by atoms with Crippen molar-refractivity contribution in [1.82, 2.24) is 4.90 Å². The predicted molar refractivity (Wildman–Crippen MR) is 126 cm³/mol. The average molecular weight is 491 g/mol. The van der Waals surface area contributed by atoms with E-state index in [0.29, 0.717) is 23.6 Å². The molecular formula is C25H31ClN2O6. The van der Waals surface area contributed by atoms with Gasteiger partial charge in [0.25, 0.3) is 5.91 Å². The van der Waals surface area contributed by atoms with Crippen LogP contribution in [0.1, 0.15) is 33.6 Å². The van der Waals surface area contributed by atoms with Crippen molar-refractivity contribution in [3.05, 3.63) is 41.9 Å². The molecule has 1 aromatic rings. The molecule has 0 aliphatic carbocycles. The maximum Gasteiger partial charge on any atom is 0.310 e. The first-order chi connectivity index (χ1) is 16.0. The van der Waals surface area contributed by atoms with E-state index >= 15 is 0 Å². The van der Waals surface area contributed by atoms with Crippen molar-refractivity contribution in [2.24, 2.45) is 17.8 Å². The van der Waals surface area contributed by atoms with Crippen LogP contribution in [0.25, 0.3) is 0 Å². The Balaban J connectivity index is 1.89. The van der Waals surface area contributed by atoms with Crippen molar-refractivity contribution in [3.8, 4) is 0 Å². The highest BCUT2D eigenvalue weighted by molar-refractivity contribution is 6.34. The highest BCUT2D eigenvalue weighted by atomic mass is 35.5. The van der Waals surface area contributed by atoms with Crippen LogP contribution >= 0.6 is 11.6 Å². The van der Waals surface area contributed by atoms with Gasteiger partial charge in [-0.25, -0.2) is 0 Å². The maximum atomic E-state index is 14.3. The molecule has 3 fully saturated rings. The number of nitrogens with zero attached hydrogens (tertiary/aromatic N) is 2. The normalized spacial score (nSPS) is 32.7. The molecular weight excluding hydrogens is 460 g/mol. The lowest BCUT2D eigenvalue weighted by molar-refractivity contribution is -0.156. The van der Waals surface area contributed by atoms with Crippen molar-refractivity contribution in [3.63, 3.8) is 0 Å². The molecule has 4 rings (SSSR count). The SMILES string of the molecule is C=CCN(C(=O)C1N([C@@H](CO)C(C)C)C(=O)[C@@H]2[C@H](C(=O)O)[C@]3(C)CCC12O3)c1ccccc1Cl. The number of likely N-dealkylation sites (tertiary alicyclic amines) is 1. The van der Waals surface area contributed by atoms with Gasteiger partial charge < -0.3 is 24.7 Å². The van der Waals surface area contributed by atoms with Crippen molar-refractivity contribution < 1.29 is 29.3 Å². The number of benzene rings is 1. The Morgan fingerprint density at radius 3 is 2.59 bits per heavy atom. The third kappa shape index (κ3) is 3.38. The van der Waals surface area contributed by atoms with Crippen LogP contribution in [0.2, 0.25) is 5.02 Å². The number of carbonyl (C=O) groups is 3. The van der Waals surface area contributed by atoms with Gasteiger partial charge in [0, 0.05) is 6.54 Å². The summed E-state index contributed by atoms with van der Waals surface area (Å²) in [6.07, 6.45) is 2.36. The molecule has 2 unspecified atom stereocenters. The van der Waals surface area contributed by atoms with Crippen LogP contribution < -0.4 is 4.90 Å². The largest absolute Gasteiger partial charge is 0.481 e. The van der Waals surface area contributed by atoms with Gasteiger partial charge in [-0.15, -0.1) is 6.58 Å². The highest BCUT2D eigenvalue weighted by Gasteiger charge is 2.79. The number of aliphatic hydroxyl groups excluding tert-OH is 1. The summed E-state index contributed by atoms with van der Waals surface area (Å²) in [7, 11) is 0. The maximum absolute atomic E-state index is 14.3. The zero-order valence-corrected chi connectivity index (χ0v) is 20.4. The molecule has 6 atom stereocenters. The number of ether oxygens (including phenoxy) is 1. The summed E-state index contributed by atoms with van der Waals surface area (Å²) in [6, 6.07) is 5.11. The van der Waals surface area contributed by atoms with Crippen molar-refractivity contribution >= 4 is 35.1 Å². The molecule has 9 heteroatoms. The molecule has 3 aliphatic rings. The lowest BCUT2D eigenvalue weighted by Gasteiger charge is -2.40. The minimum Gasteiger partial charge on any atom is -0.481 e. The van der Waals surface area contributed by atoms with Crippen molar-refractivity contribution in [1.29, 1.82) is 0 Å². The van der Waals surface area contributed by atoms with Gasteiger partial charge in [0.05, 0.1) is 40.8 Å². The summed E-state index contributed by atoms with van der Waals surface area (Å²) >= 11 is 6.43. The predicted octanol–water partition coefficient (Wildman–Crippen LogP) is 2.73. The lowest BCUT2D eigenvalue weighted by atomic mass is 9.66. The minimum atomic E-state index is -1.30. The molecule has 8 nitrogen and oxygen atoms in total. The third-order valence-corrected chi connectivity index (χ3v) is 8.07. The summed E-state index contributed by atoms with van der Waals surface area (Å²) in [5.41, 5.74) is -1.88. The lowest BCUT2D eigenvalue weighted by Crippen LogP contribution is -2.60. The van der Waals surface area contributed by atoms with E-state index in [1.807, 2.05) is 13.8 Å². The molecule has 1 spiro atoms. The van der Waals surface area contributed by atoms with Crippen LogP contribution in [-0.4, -0.2) is 69.3 Å². The Morgan fingerprint density at radius 2 is 2.03 bits per heavy atom. The van der Waals surface area contributed by atoms with Gasteiger partial charge in [0.1, 0.15) is 11.6 Å². The van der Waals surface area contributed by atoms with Gasteiger partial charge >= 0.3 is 5.97 Å². The number of hydrogen-bond donors (Lipinski definition) is 2. The van der Waals surface area contributed by atoms with E-state index in [4.69, 9.17) is 16.3 Å². The van der Waals surface area contributed by atoms with Gasteiger partial charge in [0.15, 0.2) is 0 Å². The van der Waals surface area contributed by atoms with E-state index < -0.39 is 52.9 Å². The number of halogens is 1. The molecule has 3 aliphatic heterocycles. The van der Waals surface area contributed by atoms with Crippen LogP contribution in [0.5, 0.6) is 0 Å². The zero-order chi connectivity index (χ0) is 25.0. The third-order valence-electron chi connectivity index (χ3n) is 7.75. The fraction of sp³-hybridized carbons (Fsp3) is 0.560. The Bertz CT molecular complexity index is 1030. The molecule has 2 amide bonds. The second-order valence-electron chi connectivity index (χ2n) is 9.99. The minimum absolute atomic E-state index is 0.132. The van der Waals surface area contributed by atoms with Crippen LogP contribution in [0.3, 0.4) is 0 Å². The fourth-order valence-corrected chi connectivity index (χ4v) is 6.49. The molecule has 184 valence electrons. The molecule has 2 bridgehead atoms. The Morgan fingerprint density at radius 1 is 1.35 bits per heavy atom. The van der Waals surface area contributed by atoms with Gasteiger partial charge in [-0.05, 0) is 37.8 Å². The molecule has 3 heterocycles. The standard InChI is InChI=1S/C25H31ClN2O6/c1-5-12-27(16-9-7-6-8-15(16)26)22(31)20-25-11-10-24(4,34-25)19(23(32)33)18(25)21(30)28(20)17(13-29)14(2)3/h5-9,14,17-20,29H,1,10-13H2,2-4H3,(H,32,33)/t17-,18-,19+,20?,24-,25?/m0/s1. The summed E-state index contributed by atoms with van der Waals surface area (Å²) in [6.45, 7) is 8.95. The fourth-order valence-electron chi connectivity index (χ4n) is 6.25. The highest BCUT2D eigenvalue weighted by Crippen LogP contribution is 2.63. The number of aliphatic hydroxyl groups is 1. The van der Waals surface area contributed by atoms with E-state index in [1.54, 1.807) is 37.3 Å². The van der Waals surface area contributed by atoms with Gasteiger partial charge in [-0.3, -0.25) is 14.4 Å². The number of amides is 2. The number of rotatable bonds is 8. The Labute approximate surface area is 204 Å². The molecule has 34 heavy (non-hydrogen) atoms. The Kier molecular flexibility index (Phi) is 6.29. The summed E-state index contributed by atoms with van der Waals surface area (Å²) < 4.78 is 6.42. The van der Waals surface area contributed by atoms with Crippen LogP contribution in [0, 0.1) is 17.8 Å². The van der Waals surface area contributed by atoms with E-state index in [-0.39, 0.29) is 19.1 Å². The second-order valence-corrected chi connectivity index (χ2v) is 10.4. The number of fused-ring (bicyclic) bond motifs is 1. The molecule has 0 saturated carbocycles. The van der Waals surface area contributed by atoms with Gasteiger partial charge in [-0.1, -0.05) is 43.7 Å². The van der Waals surface area contributed by atoms with Crippen molar-refractivity contribution in [2.45, 2.75) is 56.9 Å². The first-order valence-electron chi connectivity index (χ1n) is 11.6. The number of aliphatic carboxylic acids is 1. The van der Waals surface area contributed by atoms with E-state index in [2.05, 4.69) is 6.58 Å². The number of para-hydroxylation sites is 1. The zero-order valence-electron chi connectivity index (χ0n) is 19.6. The number of hydrogen-bond acceptors (Lipinski definition) is 5. The van der Waals surface area contributed by atoms with E-state index in [9.17, 15) is 24.6 Å². The van der Waals surface area contributed by atoms with Gasteiger partial charge in [-0.2, -0.15) is 0 Å². The van der Waals surface area contributed by atoms with Gasteiger partial charge in [0.2, 0.25) is 5.91 Å². The summed E-state index contributed by atoms with van der Waals surface area (Å²) in [5, 5.41) is 20.6. The van der Waals surface area contributed by atoms with E-state index in [1.165, 1.54) is 9.80 Å². The number of carboxylic acid groups (broad SMARTS) is 1. The summed E-state index contributed by atoms with van der Waals surface area (Å²) in [5.74, 6) is -4.27. The van der Waals surface area contributed by atoms with Crippen molar-refractivity contribution in [2.75, 3.05) is 18.1 Å². The molecule has 0 aromatic heterocycles. The number of anilines is 1. The average Bonchev–Trinajstić information content (AvgIpc) is 3.34. The first kappa shape index (κ1) is 24.7. The topological polar surface area (TPSA) is 107 Å². The second kappa shape index (κ2) is 8.66. The monoisotopic (exact) mass is 490 g/mol. The smallest absolute Gasteiger partial charge is 0.310 e. The molecule has 1 aromatic carbocycles. The van der Waals surface area contributed by atoms with Crippen LogP contribution in [0.15, 0.2) is 36.9 Å². The summed E-state index contributed by atoms with van der Waals surface area (Å²) in [4.78, 5) is 43.4. The molecule has 0 radical (unpaired) electrons. The molecule has 3 saturated heterocycles. The molecule has 2 N–H and O–H groups in total. The number of carbonyl (C=O) groups excluding carboxylic acids is 2. The van der Waals surface area contributed by atoms with Crippen LogP contribution in [-0.2, 0) is 19.1 Å². The number of carboxylic acids is 1. The Hall–Kier alpha value is -2.42.